The molecule has 0 bridgehead atoms. The zero-order valence-corrected chi connectivity index (χ0v) is 13.8. The molecule has 0 aliphatic rings. The number of aromatic nitrogens is 1. The number of carbonyl (C=O) groups excluding carboxylic acids is 1. The lowest BCUT2D eigenvalue weighted by molar-refractivity contribution is 0.0918. The van der Waals surface area contributed by atoms with Gasteiger partial charge in [-0.3, -0.25) is 4.79 Å². The van der Waals surface area contributed by atoms with Crippen molar-refractivity contribution >= 4 is 5.78 Å². The highest BCUT2D eigenvalue weighted by Crippen LogP contribution is 2.26. The number of aryl methyl sites for hydroxylation is 1. The first-order valence-corrected chi connectivity index (χ1v) is 7.87. The van der Waals surface area contributed by atoms with Crippen molar-refractivity contribution in [3.63, 3.8) is 0 Å². The van der Waals surface area contributed by atoms with E-state index in [0.29, 0.717) is 16.8 Å². The molecule has 0 N–H and O–H groups in total. The first-order valence-electron chi connectivity index (χ1n) is 7.87. The molecule has 0 saturated heterocycles. The molecule has 3 rings (SSSR count). The molecule has 0 spiro atoms. The maximum Gasteiger partial charge on any atom is 0.232 e. The van der Waals surface area contributed by atoms with Gasteiger partial charge in [-0.1, -0.05) is 60.7 Å². The summed E-state index contributed by atoms with van der Waals surface area (Å²) in [6.45, 7) is 1.67. The van der Waals surface area contributed by atoms with E-state index in [1.54, 1.807) is 24.3 Å². The van der Waals surface area contributed by atoms with Crippen molar-refractivity contribution in [3.05, 3.63) is 83.4 Å². The first kappa shape index (κ1) is 16.4. The number of benzene rings is 2. The van der Waals surface area contributed by atoms with Gasteiger partial charge in [-0.25, -0.2) is 4.98 Å². The van der Waals surface area contributed by atoms with Crippen molar-refractivity contribution in [1.82, 2.24) is 4.98 Å². The standard InChI is InChI=1S/C21H16N2O2/c1-15-12-19(16-8-4-2-5-9-16)23-21(18(15)13-22)25-14-20(24)17-10-6-3-7-11-17/h2-12H,14H2,1H3. The van der Waals surface area contributed by atoms with Crippen LogP contribution in [0.1, 0.15) is 21.5 Å². The molecule has 0 amide bonds. The third kappa shape index (κ3) is 3.73. The molecule has 1 heterocycles. The molecule has 2 aromatic carbocycles. The van der Waals surface area contributed by atoms with E-state index in [-0.39, 0.29) is 18.3 Å². The smallest absolute Gasteiger partial charge is 0.232 e. The van der Waals surface area contributed by atoms with Crippen LogP contribution < -0.4 is 4.74 Å². The van der Waals surface area contributed by atoms with Crippen LogP contribution in [0.15, 0.2) is 66.7 Å². The Morgan fingerprint density at radius 2 is 1.72 bits per heavy atom. The number of nitriles is 1. The van der Waals surface area contributed by atoms with Gasteiger partial charge in [0.25, 0.3) is 0 Å². The van der Waals surface area contributed by atoms with Crippen molar-refractivity contribution in [2.45, 2.75) is 6.92 Å². The van der Waals surface area contributed by atoms with Gasteiger partial charge < -0.3 is 4.74 Å². The summed E-state index contributed by atoms with van der Waals surface area (Å²) in [7, 11) is 0. The van der Waals surface area contributed by atoms with Gasteiger partial charge in [0, 0.05) is 11.1 Å². The fraction of sp³-hybridized carbons (Fsp3) is 0.0952. The Labute approximate surface area is 146 Å². The fourth-order valence-electron chi connectivity index (χ4n) is 2.48. The maximum absolute atomic E-state index is 12.2. The second kappa shape index (κ2) is 7.41. The topological polar surface area (TPSA) is 63.0 Å². The van der Waals surface area contributed by atoms with Gasteiger partial charge in [-0.2, -0.15) is 5.26 Å². The molecule has 0 radical (unpaired) electrons. The van der Waals surface area contributed by atoms with Crippen LogP contribution in [0.25, 0.3) is 11.3 Å². The monoisotopic (exact) mass is 328 g/mol. The molecule has 4 nitrogen and oxygen atoms in total. The summed E-state index contributed by atoms with van der Waals surface area (Å²) in [6, 6.07) is 22.5. The van der Waals surface area contributed by atoms with E-state index >= 15 is 0 Å². The highest BCUT2D eigenvalue weighted by atomic mass is 16.5. The Morgan fingerprint density at radius 3 is 2.36 bits per heavy atom. The average Bonchev–Trinajstić information content (AvgIpc) is 2.67. The van der Waals surface area contributed by atoms with Crippen LogP contribution in [-0.2, 0) is 0 Å². The number of pyridine rings is 1. The van der Waals surface area contributed by atoms with Gasteiger partial charge in [0.15, 0.2) is 12.4 Å². The van der Waals surface area contributed by atoms with Crippen LogP contribution in [0.5, 0.6) is 5.88 Å². The summed E-state index contributed by atoms with van der Waals surface area (Å²) in [4.78, 5) is 16.7. The van der Waals surface area contributed by atoms with Gasteiger partial charge in [-0.15, -0.1) is 0 Å². The Morgan fingerprint density at radius 1 is 1.08 bits per heavy atom. The summed E-state index contributed by atoms with van der Waals surface area (Å²) in [5.74, 6) is 0.0275. The fourth-order valence-corrected chi connectivity index (χ4v) is 2.48. The number of ketones is 1. The van der Waals surface area contributed by atoms with Gasteiger partial charge in [0.05, 0.1) is 5.69 Å². The molecular weight excluding hydrogens is 312 g/mol. The second-order valence-corrected chi connectivity index (χ2v) is 5.56. The predicted molar refractivity (Wildman–Crippen MR) is 95.4 cm³/mol. The van der Waals surface area contributed by atoms with Gasteiger partial charge >= 0.3 is 0 Å². The number of Topliss-reactive ketones (excluding diaryl/α,β-unsaturated/α-hetero) is 1. The normalized spacial score (nSPS) is 10.1. The number of nitrogens with zero attached hydrogens (tertiary/aromatic N) is 2. The Hall–Kier alpha value is -3.45. The zero-order chi connectivity index (χ0) is 17.6. The van der Waals surface area contributed by atoms with Crippen LogP contribution in [0.4, 0.5) is 0 Å². The molecule has 4 heteroatoms. The number of ether oxygens (including phenoxy) is 1. The van der Waals surface area contributed by atoms with E-state index in [4.69, 9.17) is 4.74 Å². The minimum absolute atomic E-state index is 0.158. The molecule has 0 unspecified atom stereocenters. The summed E-state index contributed by atoms with van der Waals surface area (Å²) < 4.78 is 5.60. The van der Waals surface area contributed by atoms with E-state index in [2.05, 4.69) is 11.1 Å². The van der Waals surface area contributed by atoms with E-state index in [9.17, 15) is 10.1 Å². The van der Waals surface area contributed by atoms with Crippen LogP contribution in [-0.4, -0.2) is 17.4 Å². The summed E-state index contributed by atoms with van der Waals surface area (Å²) in [6.07, 6.45) is 0. The summed E-state index contributed by atoms with van der Waals surface area (Å²) in [5, 5.41) is 9.39. The lowest BCUT2D eigenvalue weighted by Gasteiger charge is -2.11. The maximum atomic E-state index is 12.2. The Kier molecular flexibility index (Phi) is 4.87. The van der Waals surface area contributed by atoms with E-state index in [1.807, 2.05) is 49.4 Å². The molecule has 25 heavy (non-hydrogen) atoms. The molecule has 0 atom stereocenters. The molecule has 1 aromatic heterocycles. The Bertz CT molecular complexity index is 929. The Balaban J connectivity index is 1.88. The van der Waals surface area contributed by atoms with Gasteiger partial charge in [0.2, 0.25) is 5.88 Å². The molecular formula is C21H16N2O2. The third-order valence-corrected chi connectivity index (χ3v) is 3.80. The van der Waals surface area contributed by atoms with Crippen molar-refractivity contribution < 1.29 is 9.53 Å². The van der Waals surface area contributed by atoms with Gasteiger partial charge in [0.1, 0.15) is 11.6 Å². The molecule has 3 aromatic rings. The summed E-state index contributed by atoms with van der Waals surface area (Å²) >= 11 is 0. The van der Waals surface area contributed by atoms with E-state index in [0.717, 1.165) is 11.1 Å². The summed E-state index contributed by atoms with van der Waals surface area (Å²) in [5.41, 5.74) is 3.31. The number of rotatable bonds is 5. The SMILES string of the molecule is Cc1cc(-c2ccccc2)nc(OCC(=O)c2ccccc2)c1C#N. The van der Waals surface area contributed by atoms with Crippen LogP contribution in [0, 0.1) is 18.3 Å². The quantitative estimate of drug-likeness (QED) is 0.659. The predicted octanol–water partition coefficient (Wildman–Crippen LogP) is 4.19. The minimum atomic E-state index is -0.163. The van der Waals surface area contributed by atoms with E-state index < -0.39 is 0 Å². The molecule has 0 aliphatic heterocycles. The zero-order valence-electron chi connectivity index (χ0n) is 13.8. The number of hydrogen-bond donors (Lipinski definition) is 0. The largest absolute Gasteiger partial charge is 0.468 e. The highest BCUT2D eigenvalue weighted by molar-refractivity contribution is 5.97. The molecule has 122 valence electrons. The molecule has 0 saturated carbocycles. The van der Waals surface area contributed by atoms with Crippen LogP contribution in [0.2, 0.25) is 0 Å². The van der Waals surface area contributed by atoms with Crippen LogP contribution >= 0.6 is 0 Å². The minimum Gasteiger partial charge on any atom is -0.468 e. The second-order valence-electron chi connectivity index (χ2n) is 5.56. The van der Waals surface area contributed by atoms with Crippen molar-refractivity contribution in [3.8, 4) is 23.2 Å². The van der Waals surface area contributed by atoms with Crippen molar-refractivity contribution in [1.29, 1.82) is 5.26 Å². The average molecular weight is 328 g/mol. The first-order chi connectivity index (χ1) is 12.2. The van der Waals surface area contributed by atoms with Crippen molar-refractivity contribution in [2.75, 3.05) is 6.61 Å². The molecule has 0 fully saturated rings. The van der Waals surface area contributed by atoms with Crippen LogP contribution in [0.3, 0.4) is 0 Å². The number of carbonyl (C=O) groups is 1. The van der Waals surface area contributed by atoms with Gasteiger partial charge in [-0.05, 0) is 18.6 Å². The third-order valence-electron chi connectivity index (χ3n) is 3.80. The van der Waals surface area contributed by atoms with E-state index in [1.165, 1.54) is 0 Å². The lowest BCUT2D eigenvalue weighted by Crippen LogP contribution is -2.13. The highest BCUT2D eigenvalue weighted by Gasteiger charge is 2.14. The number of hydrogen-bond acceptors (Lipinski definition) is 4. The van der Waals surface area contributed by atoms with Crippen molar-refractivity contribution in [2.24, 2.45) is 0 Å². The molecule has 0 aliphatic carbocycles. The lowest BCUT2D eigenvalue weighted by atomic mass is 10.1.